The molecule has 0 bridgehead atoms. The summed E-state index contributed by atoms with van der Waals surface area (Å²) in [7, 11) is 0. The highest BCUT2D eigenvalue weighted by Gasteiger charge is 2.28. The minimum Gasteiger partial charge on any atom is -0.484 e. The molecule has 0 saturated carbocycles. The Hall–Kier alpha value is -0.750. The van der Waals surface area contributed by atoms with Crippen molar-refractivity contribution in [3.8, 4) is 5.75 Å². The molecule has 0 amide bonds. The van der Waals surface area contributed by atoms with E-state index in [0.29, 0.717) is 12.5 Å². The van der Waals surface area contributed by atoms with Crippen LogP contribution in [0.2, 0.25) is 0 Å². The van der Waals surface area contributed by atoms with Gasteiger partial charge >= 0.3 is 6.18 Å². The Morgan fingerprint density at radius 1 is 1.32 bits per heavy atom. The second kappa shape index (κ2) is 7.14. The number of hydrogen-bond acceptors (Lipinski definition) is 2. The molecule has 19 heavy (non-hydrogen) atoms. The number of hydrogen-bond donors (Lipinski definition) is 1. The van der Waals surface area contributed by atoms with Crippen LogP contribution in [0, 0.1) is 5.92 Å². The lowest BCUT2D eigenvalue weighted by Crippen LogP contribution is -2.20. The van der Waals surface area contributed by atoms with Crippen LogP contribution in [0.5, 0.6) is 5.75 Å². The third kappa shape index (κ3) is 6.82. The number of nitrogens with one attached hydrogen (secondary N) is 1. The smallest absolute Gasteiger partial charge is 0.422 e. The molecule has 0 aliphatic heterocycles. The first kappa shape index (κ1) is 16.3. The topological polar surface area (TPSA) is 21.3 Å². The van der Waals surface area contributed by atoms with Gasteiger partial charge in [0, 0.05) is 11.0 Å². The Morgan fingerprint density at radius 2 is 2.00 bits per heavy atom. The summed E-state index contributed by atoms with van der Waals surface area (Å²) < 4.78 is 41.8. The fourth-order valence-corrected chi connectivity index (χ4v) is 1.82. The highest BCUT2D eigenvalue weighted by molar-refractivity contribution is 9.10. The molecule has 0 unspecified atom stereocenters. The fraction of sp³-hybridized carbons (Fsp3) is 0.538. The molecule has 0 saturated heterocycles. The van der Waals surface area contributed by atoms with Gasteiger partial charge in [0.1, 0.15) is 5.75 Å². The lowest BCUT2D eigenvalue weighted by Gasteiger charge is -2.12. The predicted octanol–water partition coefficient (Wildman–Crippen LogP) is 4.14. The van der Waals surface area contributed by atoms with Gasteiger partial charge in [0.15, 0.2) is 6.61 Å². The van der Waals surface area contributed by atoms with E-state index in [9.17, 15) is 13.2 Å². The third-order valence-electron chi connectivity index (χ3n) is 2.29. The van der Waals surface area contributed by atoms with Gasteiger partial charge in [-0.05, 0) is 36.2 Å². The van der Waals surface area contributed by atoms with Crippen molar-refractivity contribution in [2.24, 2.45) is 5.92 Å². The van der Waals surface area contributed by atoms with Crippen LogP contribution in [0.3, 0.4) is 0 Å². The Morgan fingerprint density at radius 3 is 2.58 bits per heavy atom. The number of halogens is 4. The molecule has 6 heteroatoms. The van der Waals surface area contributed by atoms with Crippen LogP contribution in [-0.4, -0.2) is 19.3 Å². The summed E-state index contributed by atoms with van der Waals surface area (Å²) in [6.07, 6.45) is -4.32. The van der Waals surface area contributed by atoms with Crippen molar-refractivity contribution in [1.82, 2.24) is 5.32 Å². The number of rotatable bonds is 6. The van der Waals surface area contributed by atoms with Crippen molar-refractivity contribution in [2.75, 3.05) is 13.2 Å². The standard InChI is InChI=1S/C13H17BrF3NO/c1-9(2)6-18-7-10-5-11(3-4-12(10)14)19-8-13(15,16)17/h3-5,9,18H,6-8H2,1-2H3. The van der Waals surface area contributed by atoms with Gasteiger partial charge in [-0.25, -0.2) is 0 Å². The summed E-state index contributed by atoms with van der Waals surface area (Å²) in [4.78, 5) is 0. The molecule has 0 fully saturated rings. The zero-order chi connectivity index (χ0) is 14.5. The van der Waals surface area contributed by atoms with Crippen LogP contribution < -0.4 is 10.1 Å². The maximum Gasteiger partial charge on any atom is 0.422 e. The van der Waals surface area contributed by atoms with E-state index in [1.54, 1.807) is 12.1 Å². The first-order valence-corrected chi connectivity index (χ1v) is 6.76. The highest BCUT2D eigenvalue weighted by atomic mass is 79.9. The second-order valence-electron chi connectivity index (χ2n) is 4.68. The monoisotopic (exact) mass is 339 g/mol. The first-order chi connectivity index (χ1) is 8.78. The molecular formula is C13H17BrF3NO. The van der Waals surface area contributed by atoms with E-state index in [4.69, 9.17) is 4.74 Å². The van der Waals surface area contributed by atoms with Gasteiger partial charge in [0.05, 0.1) is 0 Å². The van der Waals surface area contributed by atoms with E-state index >= 15 is 0 Å². The SMILES string of the molecule is CC(C)CNCc1cc(OCC(F)(F)F)ccc1Br. The minimum atomic E-state index is -4.32. The minimum absolute atomic E-state index is 0.224. The Kier molecular flexibility index (Phi) is 6.13. The van der Waals surface area contributed by atoms with Gasteiger partial charge < -0.3 is 10.1 Å². The van der Waals surface area contributed by atoms with Crippen LogP contribution >= 0.6 is 15.9 Å². The largest absolute Gasteiger partial charge is 0.484 e. The fourth-order valence-electron chi connectivity index (χ4n) is 1.44. The van der Waals surface area contributed by atoms with Crippen molar-refractivity contribution < 1.29 is 17.9 Å². The van der Waals surface area contributed by atoms with E-state index in [-0.39, 0.29) is 5.75 Å². The van der Waals surface area contributed by atoms with Gasteiger partial charge in [0.2, 0.25) is 0 Å². The lowest BCUT2D eigenvalue weighted by atomic mass is 10.2. The van der Waals surface area contributed by atoms with Crippen LogP contribution in [0.1, 0.15) is 19.4 Å². The van der Waals surface area contributed by atoms with Crippen molar-refractivity contribution in [2.45, 2.75) is 26.6 Å². The van der Waals surface area contributed by atoms with Gasteiger partial charge in [-0.1, -0.05) is 29.8 Å². The average molecular weight is 340 g/mol. The molecule has 2 nitrogen and oxygen atoms in total. The van der Waals surface area contributed by atoms with Gasteiger partial charge in [-0.2, -0.15) is 13.2 Å². The molecular weight excluding hydrogens is 323 g/mol. The summed E-state index contributed by atoms with van der Waals surface area (Å²) in [5.41, 5.74) is 0.875. The molecule has 0 radical (unpaired) electrons. The Balaban J connectivity index is 2.61. The van der Waals surface area contributed by atoms with Crippen LogP contribution in [0.15, 0.2) is 22.7 Å². The molecule has 0 aliphatic rings. The van der Waals surface area contributed by atoms with Crippen molar-refractivity contribution in [3.05, 3.63) is 28.2 Å². The third-order valence-corrected chi connectivity index (χ3v) is 3.06. The zero-order valence-electron chi connectivity index (χ0n) is 10.9. The molecule has 0 heterocycles. The maximum absolute atomic E-state index is 12.1. The number of ether oxygens (including phenoxy) is 1. The quantitative estimate of drug-likeness (QED) is 0.841. The summed E-state index contributed by atoms with van der Waals surface area (Å²) in [6, 6.07) is 4.82. The molecule has 108 valence electrons. The van der Waals surface area contributed by atoms with E-state index in [1.807, 2.05) is 0 Å². The highest BCUT2D eigenvalue weighted by Crippen LogP contribution is 2.24. The van der Waals surface area contributed by atoms with Crippen molar-refractivity contribution >= 4 is 15.9 Å². The van der Waals surface area contributed by atoms with E-state index in [0.717, 1.165) is 16.6 Å². The predicted molar refractivity (Wildman–Crippen MR) is 72.2 cm³/mol. The summed E-state index contributed by atoms with van der Waals surface area (Å²) in [6.45, 7) is 4.34. The van der Waals surface area contributed by atoms with Crippen LogP contribution in [-0.2, 0) is 6.54 Å². The van der Waals surface area contributed by atoms with E-state index < -0.39 is 12.8 Å². The maximum atomic E-state index is 12.1. The van der Waals surface area contributed by atoms with Gasteiger partial charge in [-0.3, -0.25) is 0 Å². The van der Waals surface area contributed by atoms with Crippen molar-refractivity contribution in [3.63, 3.8) is 0 Å². The first-order valence-electron chi connectivity index (χ1n) is 5.96. The molecule has 0 aliphatic carbocycles. The number of alkyl halides is 3. The van der Waals surface area contributed by atoms with E-state index in [1.165, 1.54) is 6.07 Å². The average Bonchev–Trinajstić information content (AvgIpc) is 2.28. The zero-order valence-corrected chi connectivity index (χ0v) is 12.4. The summed E-state index contributed by atoms with van der Waals surface area (Å²) in [5.74, 6) is 0.741. The van der Waals surface area contributed by atoms with Gasteiger partial charge in [0.25, 0.3) is 0 Å². The Labute approximate surface area is 119 Å². The lowest BCUT2D eigenvalue weighted by molar-refractivity contribution is -0.153. The second-order valence-corrected chi connectivity index (χ2v) is 5.54. The van der Waals surface area contributed by atoms with Gasteiger partial charge in [-0.15, -0.1) is 0 Å². The summed E-state index contributed by atoms with van der Waals surface area (Å²) in [5, 5.41) is 3.23. The van der Waals surface area contributed by atoms with Crippen molar-refractivity contribution in [1.29, 1.82) is 0 Å². The summed E-state index contributed by atoms with van der Waals surface area (Å²) >= 11 is 3.37. The molecule has 1 rings (SSSR count). The van der Waals surface area contributed by atoms with Crippen LogP contribution in [0.4, 0.5) is 13.2 Å². The molecule has 0 atom stereocenters. The molecule has 1 aromatic rings. The molecule has 1 N–H and O–H groups in total. The van der Waals surface area contributed by atoms with E-state index in [2.05, 4.69) is 35.1 Å². The normalized spacial score (nSPS) is 11.9. The van der Waals surface area contributed by atoms with Crippen LogP contribution in [0.25, 0.3) is 0 Å². The molecule has 0 spiro atoms. The molecule has 0 aromatic heterocycles. The number of benzene rings is 1. The Bertz CT molecular complexity index is 407. The molecule has 1 aromatic carbocycles.